The van der Waals surface area contributed by atoms with Crippen LogP contribution in [-0.2, 0) is 4.79 Å². The third kappa shape index (κ3) is 3.32. The van der Waals surface area contributed by atoms with Gasteiger partial charge in [-0.05, 0) is 27.7 Å². The lowest BCUT2D eigenvalue weighted by Gasteiger charge is -2.22. The standard InChI is InChI=1S/C12H21N5O/c1-5-14-9-8(2)10(17-7-16-9)15-6-12(3,4)11(13)18/h7H,5-6H2,1-4H3,(H2,13,18)(H2,14,15,16,17). The third-order valence-electron chi connectivity index (χ3n) is 2.79. The number of anilines is 2. The number of hydrogen-bond donors (Lipinski definition) is 3. The molecule has 0 aliphatic carbocycles. The van der Waals surface area contributed by atoms with Crippen molar-refractivity contribution in [2.75, 3.05) is 23.7 Å². The van der Waals surface area contributed by atoms with E-state index in [0.29, 0.717) is 6.54 Å². The fourth-order valence-corrected chi connectivity index (χ4v) is 1.37. The Labute approximate surface area is 107 Å². The molecular weight excluding hydrogens is 230 g/mol. The first-order chi connectivity index (χ1) is 8.38. The van der Waals surface area contributed by atoms with Gasteiger partial charge in [-0.1, -0.05) is 0 Å². The maximum Gasteiger partial charge on any atom is 0.224 e. The molecular formula is C12H21N5O. The highest BCUT2D eigenvalue weighted by atomic mass is 16.1. The number of hydrogen-bond acceptors (Lipinski definition) is 5. The van der Waals surface area contributed by atoms with Crippen molar-refractivity contribution < 1.29 is 4.79 Å². The number of amides is 1. The van der Waals surface area contributed by atoms with Crippen molar-refractivity contribution in [1.82, 2.24) is 9.97 Å². The van der Waals surface area contributed by atoms with Crippen LogP contribution in [0.3, 0.4) is 0 Å². The Morgan fingerprint density at radius 1 is 1.33 bits per heavy atom. The van der Waals surface area contributed by atoms with Crippen LogP contribution in [0.25, 0.3) is 0 Å². The highest BCUT2D eigenvalue weighted by Gasteiger charge is 2.25. The summed E-state index contributed by atoms with van der Waals surface area (Å²) in [6.45, 7) is 8.76. The molecule has 1 amide bonds. The van der Waals surface area contributed by atoms with Gasteiger partial charge in [0.2, 0.25) is 5.91 Å². The van der Waals surface area contributed by atoms with Crippen LogP contribution in [0.5, 0.6) is 0 Å². The summed E-state index contributed by atoms with van der Waals surface area (Å²) in [4.78, 5) is 19.6. The smallest absolute Gasteiger partial charge is 0.224 e. The number of primary amides is 1. The van der Waals surface area contributed by atoms with E-state index in [1.807, 2.05) is 13.8 Å². The number of nitrogens with one attached hydrogen (secondary N) is 2. The summed E-state index contributed by atoms with van der Waals surface area (Å²) >= 11 is 0. The van der Waals surface area contributed by atoms with E-state index in [0.717, 1.165) is 23.7 Å². The van der Waals surface area contributed by atoms with Crippen molar-refractivity contribution in [3.8, 4) is 0 Å². The van der Waals surface area contributed by atoms with E-state index in [4.69, 9.17) is 5.73 Å². The zero-order valence-corrected chi connectivity index (χ0v) is 11.4. The number of aromatic nitrogens is 2. The van der Waals surface area contributed by atoms with Crippen LogP contribution in [0.2, 0.25) is 0 Å². The van der Waals surface area contributed by atoms with Gasteiger partial charge in [0, 0.05) is 18.7 Å². The monoisotopic (exact) mass is 251 g/mol. The number of nitrogens with zero attached hydrogens (tertiary/aromatic N) is 2. The first-order valence-electron chi connectivity index (χ1n) is 5.97. The van der Waals surface area contributed by atoms with Crippen molar-refractivity contribution in [2.45, 2.75) is 27.7 Å². The molecule has 1 heterocycles. The van der Waals surface area contributed by atoms with E-state index in [2.05, 4.69) is 20.6 Å². The van der Waals surface area contributed by atoms with Crippen LogP contribution >= 0.6 is 0 Å². The van der Waals surface area contributed by atoms with Gasteiger partial charge in [-0.2, -0.15) is 0 Å². The predicted octanol–water partition coefficient (Wildman–Crippen LogP) is 1.14. The Morgan fingerprint density at radius 2 is 1.89 bits per heavy atom. The molecule has 0 spiro atoms. The molecule has 100 valence electrons. The maximum atomic E-state index is 11.2. The number of nitrogens with two attached hydrogens (primary N) is 1. The van der Waals surface area contributed by atoms with Gasteiger partial charge in [-0.15, -0.1) is 0 Å². The van der Waals surface area contributed by atoms with E-state index in [1.54, 1.807) is 13.8 Å². The number of carbonyl (C=O) groups excluding carboxylic acids is 1. The molecule has 0 unspecified atom stereocenters. The van der Waals surface area contributed by atoms with Crippen molar-refractivity contribution in [3.63, 3.8) is 0 Å². The Balaban J connectivity index is 2.80. The van der Waals surface area contributed by atoms with Crippen LogP contribution < -0.4 is 16.4 Å². The van der Waals surface area contributed by atoms with Crippen molar-refractivity contribution >= 4 is 17.5 Å². The molecule has 0 bridgehead atoms. The largest absolute Gasteiger partial charge is 0.370 e. The van der Waals surface area contributed by atoms with E-state index in [1.165, 1.54) is 6.33 Å². The van der Waals surface area contributed by atoms with Crippen LogP contribution in [0.4, 0.5) is 11.6 Å². The average molecular weight is 251 g/mol. The SMILES string of the molecule is CCNc1ncnc(NCC(C)(C)C(N)=O)c1C. The van der Waals surface area contributed by atoms with Gasteiger partial charge in [0.15, 0.2) is 0 Å². The van der Waals surface area contributed by atoms with Crippen molar-refractivity contribution in [2.24, 2.45) is 11.1 Å². The maximum absolute atomic E-state index is 11.2. The lowest BCUT2D eigenvalue weighted by atomic mass is 9.93. The minimum Gasteiger partial charge on any atom is -0.370 e. The predicted molar refractivity (Wildman–Crippen MR) is 72.4 cm³/mol. The molecule has 6 nitrogen and oxygen atoms in total. The Kier molecular flexibility index (Phi) is 4.47. The van der Waals surface area contributed by atoms with Gasteiger partial charge in [-0.25, -0.2) is 9.97 Å². The summed E-state index contributed by atoms with van der Waals surface area (Å²) < 4.78 is 0. The Morgan fingerprint density at radius 3 is 2.39 bits per heavy atom. The first kappa shape index (κ1) is 14.2. The molecule has 0 atom stereocenters. The van der Waals surface area contributed by atoms with Crippen LogP contribution in [-0.4, -0.2) is 29.0 Å². The van der Waals surface area contributed by atoms with Crippen molar-refractivity contribution in [3.05, 3.63) is 11.9 Å². The van der Waals surface area contributed by atoms with Crippen LogP contribution in [0.1, 0.15) is 26.3 Å². The molecule has 0 fully saturated rings. The number of rotatable bonds is 6. The fraction of sp³-hybridized carbons (Fsp3) is 0.583. The summed E-state index contributed by atoms with van der Waals surface area (Å²) in [7, 11) is 0. The molecule has 4 N–H and O–H groups in total. The second-order valence-electron chi connectivity index (χ2n) is 4.83. The molecule has 0 aliphatic heterocycles. The Hall–Kier alpha value is -1.85. The van der Waals surface area contributed by atoms with E-state index >= 15 is 0 Å². The zero-order chi connectivity index (χ0) is 13.8. The Bertz CT molecular complexity index is 430. The summed E-state index contributed by atoms with van der Waals surface area (Å²) in [6.07, 6.45) is 1.49. The lowest BCUT2D eigenvalue weighted by molar-refractivity contribution is -0.125. The van der Waals surface area contributed by atoms with Gasteiger partial charge in [0.05, 0.1) is 5.41 Å². The molecule has 18 heavy (non-hydrogen) atoms. The van der Waals surface area contributed by atoms with E-state index in [9.17, 15) is 4.79 Å². The molecule has 0 aromatic carbocycles. The van der Waals surface area contributed by atoms with Crippen molar-refractivity contribution in [1.29, 1.82) is 0 Å². The highest BCUT2D eigenvalue weighted by Crippen LogP contribution is 2.20. The fourth-order valence-electron chi connectivity index (χ4n) is 1.37. The quantitative estimate of drug-likeness (QED) is 0.705. The summed E-state index contributed by atoms with van der Waals surface area (Å²) in [5, 5.41) is 6.29. The molecule has 0 radical (unpaired) electrons. The topological polar surface area (TPSA) is 92.9 Å². The highest BCUT2D eigenvalue weighted by molar-refractivity contribution is 5.80. The molecule has 0 saturated heterocycles. The van der Waals surface area contributed by atoms with Gasteiger partial charge in [-0.3, -0.25) is 4.79 Å². The number of carbonyl (C=O) groups is 1. The average Bonchev–Trinajstić information content (AvgIpc) is 2.30. The van der Waals surface area contributed by atoms with Crippen LogP contribution in [0.15, 0.2) is 6.33 Å². The minimum absolute atomic E-state index is 0.339. The normalized spacial score (nSPS) is 11.1. The van der Waals surface area contributed by atoms with E-state index < -0.39 is 5.41 Å². The zero-order valence-electron chi connectivity index (χ0n) is 11.4. The van der Waals surface area contributed by atoms with Gasteiger partial charge >= 0.3 is 0 Å². The molecule has 0 saturated carbocycles. The van der Waals surface area contributed by atoms with Gasteiger partial charge < -0.3 is 16.4 Å². The minimum atomic E-state index is -0.615. The second kappa shape index (κ2) is 5.66. The molecule has 0 aliphatic rings. The summed E-state index contributed by atoms with van der Waals surface area (Å²) in [5.74, 6) is 1.18. The summed E-state index contributed by atoms with van der Waals surface area (Å²) in [5.41, 5.74) is 5.64. The van der Waals surface area contributed by atoms with Gasteiger partial charge in [0.1, 0.15) is 18.0 Å². The lowest BCUT2D eigenvalue weighted by Crippen LogP contribution is -2.37. The molecule has 1 rings (SSSR count). The summed E-state index contributed by atoms with van der Waals surface area (Å²) in [6, 6.07) is 0. The molecule has 1 aromatic heterocycles. The first-order valence-corrected chi connectivity index (χ1v) is 5.97. The second-order valence-corrected chi connectivity index (χ2v) is 4.83. The third-order valence-corrected chi connectivity index (χ3v) is 2.79. The molecule has 6 heteroatoms. The van der Waals surface area contributed by atoms with Crippen LogP contribution in [0, 0.1) is 12.3 Å². The van der Waals surface area contributed by atoms with Gasteiger partial charge in [0.25, 0.3) is 0 Å². The molecule has 1 aromatic rings. The van der Waals surface area contributed by atoms with E-state index in [-0.39, 0.29) is 5.91 Å².